The molecule has 0 aliphatic carbocycles. The van der Waals surface area contributed by atoms with Gasteiger partial charge in [0.1, 0.15) is 0 Å². The molecule has 0 bridgehead atoms. The van der Waals surface area contributed by atoms with E-state index in [1.807, 2.05) is 0 Å². The molecule has 1 aromatic rings. The van der Waals surface area contributed by atoms with Crippen LogP contribution >= 0.6 is 0 Å². The number of hydrogen-bond acceptors (Lipinski definition) is 2. The second kappa shape index (κ2) is 4.66. The van der Waals surface area contributed by atoms with Gasteiger partial charge in [0.15, 0.2) is 0 Å². The Kier molecular flexibility index (Phi) is 4.96. The Hall–Kier alpha value is 0.701. The van der Waals surface area contributed by atoms with Crippen molar-refractivity contribution in [3.63, 3.8) is 0 Å². The Labute approximate surface area is 106 Å². The molecule has 0 amide bonds. The van der Waals surface area contributed by atoms with Crippen LogP contribution in [0.25, 0.3) is 0 Å². The van der Waals surface area contributed by atoms with Crippen LogP contribution in [-0.2, 0) is 10.1 Å². The van der Waals surface area contributed by atoms with Gasteiger partial charge in [-0.2, -0.15) is 8.42 Å². The van der Waals surface area contributed by atoms with Crippen LogP contribution in [0.5, 0.6) is 0 Å². The first-order chi connectivity index (χ1) is 4.61. The van der Waals surface area contributed by atoms with Crippen molar-refractivity contribution in [3.05, 3.63) is 30.3 Å². The van der Waals surface area contributed by atoms with Gasteiger partial charge in [0, 0.05) is 48.9 Å². The number of benzene rings is 1. The van der Waals surface area contributed by atoms with Crippen LogP contribution in [0.3, 0.4) is 0 Å². The van der Waals surface area contributed by atoms with E-state index < -0.39 is 10.1 Å². The summed E-state index contributed by atoms with van der Waals surface area (Å²) in [7, 11) is -4.00. The molecule has 0 heterocycles. The Morgan fingerprint density at radius 2 is 1.55 bits per heavy atom. The topological polar surface area (TPSA) is 54.4 Å². The molecule has 0 unspecified atom stereocenters. The quantitative estimate of drug-likeness (QED) is 0.608. The second-order valence-corrected chi connectivity index (χ2v) is 3.21. The van der Waals surface area contributed by atoms with Gasteiger partial charge in [-0.15, -0.1) is 0 Å². The minimum absolute atomic E-state index is 0. The molecule has 0 saturated carbocycles. The van der Waals surface area contributed by atoms with Crippen molar-refractivity contribution in [1.29, 1.82) is 0 Å². The van der Waals surface area contributed by atoms with E-state index in [0.717, 1.165) is 0 Å². The van der Waals surface area contributed by atoms with Gasteiger partial charge in [-0.1, -0.05) is 18.2 Å². The summed E-state index contributed by atoms with van der Waals surface area (Å²) in [5.74, 6) is 0. The monoisotopic (exact) mass is 296 g/mol. The summed E-state index contributed by atoms with van der Waals surface area (Å²) in [4.78, 5) is -0.0741. The maximum Gasteiger partial charge on any atom is 0.294 e. The molecule has 2 radical (unpaired) electrons. The first-order valence-electron chi connectivity index (χ1n) is 2.63. The van der Waals surface area contributed by atoms with Gasteiger partial charge >= 0.3 is 0 Å². The molecular formula is C6H6BaO3S. The summed E-state index contributed by atoms with van der Waals surface area (Å²) in [5, 5.41) is 0. The maximum absolute atomic E-state index is 10.4. The van der Waals surface area contributed by atoms with Crippen molar-refractivity contribution in [3.8, 4) is 0 Å². The van der Waals surface area contributed by atoms with E-state index in [4.69, 9.17) is 4.55 Å². The molecule has 0 aliphatic heterocycles. The summed E-state index contributed by atoms with van der Waals surface area (Å²) in [5.41, 5.74) is 0. The van der Waals surface area contributed by atoms with Gasteiger partial charge in [0.2, 0.25) is 0 Å². The standard InChI is InChI=1S/C6H6O3S.Ba/c7-10(8,9)6-4-2-1-3-5-6;/h1-5H,(H,7,8,9);. The average Bonchev–Trinajstić information content (AvgIpc) is 1.88. The molecule has 0 aliphatic rings. The van der Waals surface area contributed by atoms with Crippen molar-refractivity contribution in [2.75, 3.05) is 0 Å². The molecule has 1 aromatic carbocycles. The predicted molar refractivity (Wildman–Crippen MR) is 42.0 cm³/mol. The van der Waals surface area contributed by atoms with Gasteiger partial charge in [-0.05, 0) is 12.1 Å². The average molecular weight is 296 g/mol. The van der Waals surface area contributed by atoms with Crippen molar-refractivity contribution in [1.82, 2.24) is 0 Å². The van der Waals surface area contributed by atoms with Crippen molar-refractivity contribution < 1.29 is 13.0 Å². The summed E-state index contributed by atoms with van der Waals surface area (Å²) < 4.78 is 29.2. The Morgan fingerprint density at radius 1 is 1.09 bits per heavy atom. The van der Waals surface area contributed by atoms with E-state index in [1.165, 1.54) is 12.1 Å². The van der Waals surface area contributed by atoms with Gasteiger partial charge in [0.25, 0.3) is 10.1 Å². The smallest absolute Gasteiger partial charge is 0.282 e. The van der Waals surface area contributed by atoms with Gasteiger partial charge in [-0.3, -0.25) is 4.55 Å². The molecular weight excluding hydrogens is 289 g/mol. The van der Waals surface area contributed by atoms with Crippen LogP contribution in [-0.4, -0.2) is 61.9 Å². The molecule has 5 heteroatoms. The maximum atomic E-state index is 10.4. The third kappa shape index (κ3) is 3.75. The van der Waals surface area contributed by atoms with E-state index in [2.05, 4.69) is 0 Å². The molecule has 0 atom stereocenters. The van der Waals surface area contributed by atoms with E-state index in [0.29, 0.717) is 0 Å². The second-order valence-electron chi connectivity index (χ2n) is 1.79. The van der Waals surface area contributed by atoms with Crippen LogP contribution in [0, 0.1) is 0 Å². The zero-order valence-electron chi connectivity index (χ0n) is 5.77. The third-order valence-corrected chi connectivity index (χ3v) is 1.91. The summed E-state index contributed by atoms with van der Waals surface area (Å²) in [6.07, 6.45) is 0. The number of hydrogen-bond donors (Lipinski definition) is 1. The number of rotatable bonds is 1. The van der Waals surface area contributed by atoms with Crippen LogP contribution in [0.4, 0.5) is 0 Å². The van der Waals surface area contributed by atoms with Crippen LogP contribution < -0.4 is 0 Å². The SMILES string of the molecule is O=S(=O)(O)c1ccccc1.[Ba]. The fraction of sp³-hybridized carbons (Fsp3) is 0. The molecule has 0 aromatic heterocycles. The Morgan fingerprint density at radius 3 is 1.82 bits per heavy atom. The largest absolute Gasteiger partial charge is 0.294 e. The molecule has 0 fully saturated rings. The minimum atomic E-state index is -4.00. The van der Waals surface area contributed by atoms with E-state index >= 15 is 0 Å². The van der Waals surface area contributed by atoms with Crippen molar-refractivity contribution in [2.24, 2.45) is 0 Å². The van der Waals surface area contributed by atoms with Gasteiger partial charge in [-0.25, -0.2) is 0 Å². The van der Waals surface area contributed by atoms with Crippen molar-refractivity contribution >= 4 is 59.0 Å². The summed E-state index contributed by atoms with van der Waals surface area (Å²) >= 11 is 0. The van der Waals surface area contributed by atoms with Gasteiger partial charge < -0.3 is 0 Å². The molecule has 0 saturated heterocycles. The minimum Gasteiger partial charge on any atom is -0.282 e. The first kappa shape index (κ1) is 11.7. The molecule has 11 heavy (non-hydrogen) atoms. The van der Waals surface area contributed by atoms with Crippen LogP contribution in [0.15, 0.2) is 35.2 Å². The molecule has 3 nitrogen and oxygen atoms in total. The summed E-state index contributed by atoms with van der Waals surface area (Å²) in [6.45, 7) is 0. The van der Waals surface area contributed by atoms with Crippen LogP contribution in [0.1, 0.15) is 0 Å². The fourth-order valence-corrected chi connectivity index (χ4v) is 1.09. The summed E-state index contributed by atoms with van der Waals surface area (Å²) in [6, 6.07) is 7.42. The predicted octanol–water partition coefficient (Wildman–Crippen LogP) is 0.553. The van der Waals surface area contributed by atoms with Crippen LogP contribution in [0.2, 0.25) is 0 Å². The molecule has 0 spiro atoms. The fourth-order valence-electron chi connectivity index (χ4n) is 0.592. The zero-order chi connectivity index (χ0) is 7.61. The molecule has 1 rings (SSSR count). The van der Waals surface area contributed by atoms with Gasteiger partial charge in [0.05, 0.1) is 4.90 Å². The van der Waals surface area contributed by atoms with E-state index in [9.17, 15) is 8.42 Å². The van der Waals surface area contributed by atoms with E-state index in [-0.39, 0.29) is 53.8 Å². The molecule has 56 valence electrons. The van der Waals surface area contributed by atoms with Crippen molar-refractivity contribution in [2.45, 2.75) is 4.90 Å². The molecule has 1 N–H and O–H groups in total. The first-order valence-corrected chi connectivity index (χ1v) is 4.07. The zero-order valence-corrected chi connectivity index (χ0v) is 11.0. The Balaban J connectivity index is 0.000001000. The van der Waals surface area contributed by atoms with E-state index in [1.54, 1.807) is 18.2 Å². The normalized spacial score (nSPS) is 10.3. The third-order valence-electron chi connectivity index (χ3n) is 1.04. The Bertz CT molecular complexity index is 306.